The zero-order chi connectivity index (χ0) is 23.7. The second-order valence-electron chi connectivity index (χ2n) is 8.67. The molecule has 0 fully saturated rings. The maximum atomic E-state index is 14.9. The summed E-state index contributed by atoms with van der Waals surface area (Å²) in [7, 11) is 2.06. The number of carboxylic acids is 1. The highest BCUT2D eigenvalue weighted by Gasteiger charge is 2.30. The lowest BCUT2D eigenvalue weighted by Crippen LogP contribution is -2.36. The van der Waals surface area contributed by atoms with Gasteiger partial charge in [-0.1, -0.05) is 49.7 Å². The Kier molecular flexibility index (Phi) is 6.98. The van der Waals surface area contributed by atoms with Gasteiger partial charge in [-0.15, -0.1) is 0 Å². The summed E-state index contributed by atoms with van der Waals surface area (Å²) in [6.45, 7) is 5.00. The van der Waals surface area contributed by atoms with Crippen LogP contribution in [-0.2, 0) is 0 Å². The van der Waals surface area contributed by atoms with Crippen molar-refractivity contribution < 1.29 is 14.3 Å². The SMILES string of the molecule is CC(C)CC1CN(c2ccccc2F)c2cc(Cl)c(-c3cccc(C(=O)O)c3)cc2SN1C. The second kappa shape index (κ2) is 9.75. The number of benzene rings is 3. The van der Waals surface area contributed by atoms with Gasteiger partial charge in [0.15, 0.2) is 0 Å². The van der Waals surface area contributed by atoms with E-state index in [4.69, 9.17) is 11.6 Å². The average Bonchev–Trinajstić information content (AvgIpc) is 2.90. The number of likely N-dealkylation sites (N-methyl/N-ethyl adjacent to an activating group) is 1. The summed E-state index contributed by atoms with van der Waals surface area (Å²) >= 11 is 8.35. The van der Waals surface area contributed by atoms with Crippen LogP contribution in [0.4, 0.5) is 15.8 Å². The molecule has 0 saturated heterocycles. The largest absolute Gasteiger partial charge is 0.478 e. The van der Waals surface area contributed by atoms with Crippen molar-refractivity contribution in [2.45, 2.75) is 31.2 Å². The minimum atomic E-state index is -0.987. The summed E-state index contributed by atoms with van der Waals surface area (Å²) in [5.74, 6) is -0.783. The van der Waals surface area contributed by atoms with Gasteiger partial charge < -0.3 is 10.0 Å². The summed E-state index contributed by atoms with van der Waals surface area (Å²) < 4.78 is 17.1. The predicted molar refractivity (Wildman–Crippen MR) is 134 cm³/mol. The Morgan fingerprint density at radius 1 is 1.15 bits per heavy atom. The summed E-state index contributed by atoms with van der Waals surface area (Å²) in [6.07, 6.45) is 0.962. The molecule has 4 rings (SSSR count). The van der Waals surface area contributed by atoms with Crippen LogP contribution in [0.1, 0.15) is 30.6 Å². The zero-order valence-electron chi connectivity index (χ0n) is 18.8. The van der Waals surface area contributed by atoms with Crippen LogP contribution in [0.5, 0.6) is 0 Å². The molecule has 172 valence electrons. The summed E-state index contributed by atoms with van der Waals surface area (Å²) in [4.78, 5) is 14.4. The van der Waals surface area contributed by atoms with Gasteiger partial charge in [0.1, 0.15) is 5.82 Å². The lowest BCUT2D eigenvalue weighted by atomic mass is 10.0. The Balaban J connectivity index is 1.86. The Morgan fingerprint density at radius 3 is 2.61 bits per heavy atom. The third-order valence-electron chi connectivity index (χ3n) is 5.80. The van der Waals surface area contributed by atoms with Crippen LogP contribution >= 0.6 is 23.5 Å². The zero-order valence-corrected chi connectivity index (χ0v) is 20.3. The van der Waals surface area contributed by atoms with E-state index in [-0.39, 0.29) is 17.4 Å². The van der Waals surface area contributed by atoms with Gasteiger partial charge in [-0.3, -0.25) is 0 Å². The van der Waals surface area contributed by atoms with E-state index in [9.17, 15) is 14.3 Å². The first-order valence-corrected chi connectivity index (χ1v) is 12.0. The number of rotatable bonds is 5. The van der Waals surface area contributed by atoms with Crippen LogP contribution in [0.15, 0.2) is 65.6 Å². The number of aromatic carboxylic acids is 1. The smallest absolute Gasteiger partial charge is 0.335 e. The maximum absolute atomic E-state index is 14.9. The number of carbonyl (C=O) groups is 1. The lowest BCUT2D eigenvalue weighted by Gasteiger charge is -2.31. The number of anilines is 2. The molecular formula is C26H26ClFN2O2S. The molecule has 0 spiro atoms. The topological polar surface area (TPSA) is 43.8 Å². The average molecular weight is 485 g/mol. The summed E-state index contributed by atoms with van der Waals surface area (Å²) in [5.41, 5.74) is 3.03. The first-order valence-electron chi connectivity index (χ1n) is 10.8. The number of carboxylic acid groups (broad SMARTS) is 1. The van der Waals surface area contributed by atoms with Crippen molar-refractivity contribution in [2.75, 3.05) is 18.5 Å². The minimum absolute atomic E-state index is 0.194. The molecule has 0 amide bonds. The van der Waals surface area contributed by atoms with Gasteiger partial charge >= 0.3 is 5.97 Å². The molecule has 3 aromatic carbocycles. The molecule has 1 unspecified atom stereocenters. The molecule has 3 aromatic rings. The Bertz CT molecular complexity index is 1190. The Labute approximate surface area is 203 Å². The van der Waals surface area contributed by atoms with Gasteiger partial charge in [0.2, 0.25) is 0 Å². The predicted octanol–water partition coefficient (Wildman–Crippen LogP) is 7.35. The van der Waals surface area contributed by atoms with Crippen molar-refractivity contribution in [2.24, 2.45) is 5.92 Å². The minimum Gasteiger partial charge on any atom is -0.478 e. The molecule has 0 aromatic heterocycles. The molecule has 33 heavy (non-hydrogen) atoms. The molecule has 4 nitrogen and oxygen atoms in total. The first kappa shape index (κ1) is 23.6. The third kappa shape index (κ3) is 5.03. The number of halogens is 2. The van der Waals surface area contributed by atoms with Gasteiger partial charge in [-0.2, -0.15) is 0 Å². The maximum Gasteiger partial charge on any atom is 0.335 e. The van der Waals surface area contributed by atoms with Crippen molar-refractivity contribution in [1.29, 1.82) is 0 Å². The highest BCUT2D eigenvalue weighted by atomic mass is 35.5. The number of hydrogen-bond acceptors (Lipinski definition) is 4. The summed E-state index contributed by atoms with van der Waals surface area (Å²) in [6, 6.07) is 17.6. The monoisotopic (exact) mass is 484 g/mol. The molecular weight excluding hydrogens is 459 g/mol. The van der Waals surface area contributed by atoms with Crippen molar-refractivity contribution >= 4 is 40.9 Å². The van der Waals surface area contributed by atoms with E-state index in [2.05, 4.69) is 25.2 Å². The number of para-hydroxylation sites is 1. The molecule has 0 bridgehead atoms. The van der Waals surface area contributed by atoms with Crippen LogP contribution in [0.3, 0.4) is 0 Å². The fourth-order valence-electron chi connectivity index (χ4n) is 4.19. The van der Waals surface area contributed by atoms with Gasteiger partial charge in [-0.05, 0) is 73.3 Å². The van der Waals surface area contributed by atoms with E-state index in [1.54, 1.807) is 42.3 Å². The van der Waals surface area contributed by atoms with Crippen LogP contribution in [0, 0.1) is 11.7 Å². The van der Waals surface area contributed by atoms with Gasteiger partial charge in [0, 0.05) is 23.0 Å². The first-order chi connectivity index (χ1) is 15.7. The Morgan fingerprint density at radius 2 is 1.91 bits per heavy atom. The van der Waals surface area contributed by atoms with Gasteiger partial charge in [0.25, 0.3) is 0 Å². The van der Waals surface area contributed by atoms with E-state index < -0.39 is 5.97 Å². The fraction of sp³-hybridized carbons (Fsp3) is 0.269. The van der Waals surface area contributed by atoms with E-state index in [0.29, 0.717) is 23.2 Å². The Hall–Kier alpha value is -2.54. The molecule has 1 aliphatic rings. The molecule has 1 heterocycles. The van der Waals surface area contributed by atoms with E-state index in [0.717, 1.165) is 28.1 Å². The molecule has 0 aliphatic carbocycles. The highest BCUT2D eigenvalue weighted by Crippen LogP contribution is 2.46. The van der Waals surface area contributed by atoms with E-state index in [1.165, 1.54) is 6.07 Å². The molecule has 1 aliphatic heterocycles. The highest BCUT2D eigenvalue weighted by molar-refractivity contribution is 7.97. The van der Waals surface area contributed by atoms with Crippen molar-refractivity contribution in [3.8, 4) is 11.1 Å². The van der Waals surface area contributed by atoms with Crippen molar-refractivity contribution in [1.82, 2.24) is 4.31 Å². The fourth-order valence-corrected chi connectivity index (χ4v) is 5.50. The molecule has 1 atom stereocenters. The standard InChI is InChI=1S/C26H26ClFN2O2S/c1-16(2)11-19-15-30(23-10-5-4-9-22(23)28)24-14-21(27)20(13-25(24)33-29(19)3)17-7-6-8-18(12-17)26(31)32/h4-10,12-14,16,19H,11,15H2,1-3H3,(H,31,32). The quantitative estimate of drug-likeness (QED) is 0.383. The third-order valence-corrected chi connectivity index (χ3v) is 7.22. The van der Waals surface area contributed by atoms with Gasteiger partial charge in [0.05, 0.1) is 22.0 Å². The van der Waals surface area contributed by atoms with Crippen LogP contribution < -0.4 is 4.90 Å². The summed E-state index contributed by atoms with van der Waals surface area (Å²) in [5, 5.41) is 9.88. The number of hydrogen-bond donors (Lipinski definition) is 1. The van der Waals surface area contributed by atoms with E-state index in [1.807, 2.05) is 29.2 Å². The normalized spacial score (nSPS) is 16.5. The molecule has 0 radical (unpaired) electrons. The van der Waals surface area contributed by atoms with Crippen LogP contribution in [0.25, 0.3) is 11.1 Å². The number of nitrogens with zero attached hydrogens (tertiary/aromatic N) is 2. The number of fused-ring (bicyclic) bond motifs is 1. The van der Waals surface area contributed by atoms with Crippen LogP contribution in [-0.4, -0.2) is 35.0 Å². The van der Waals surface area contributed by atoms with E-state index >= 15 is 0 Å². The molecule has 1 N–H and O–H groups in total. The molecule has 7 heteroatoms. The van der Waals surface area contributed by atoms with Gasteiger partial charge in [-0.25, -0.2) is 13.5 Å². The van der Waals surface area contributed by atoms with Crippen molar-refractivity contribution in [3.63, 3.8) is 0 Å². The lowest BCUT2D eigenvalue weighted by molar-refractivity contribution is 0.0697. The second-order valence-corrected chi connectivity index (χ2v) is 10.3. The van der Waals surface area contributed by atoms with Crippen molar-refractivity contribution in [3.05, 3.63) is 77.1 Å². The van der Waals surface area contributed by atoms with Crippen LogP contribution in [0.2, 0.25) is 5.02 Å². The molecule has 0 saturated carbocycles.